The van der Waals surface area contributed by atoms with Crippen molar-refractivity contribution in [3.63, 3.8) is 0 Å². The number of rotatable bonds is 8. The minimum absolute atomic E-state index is 0.0813. The Balaban J connectivity index is 2.24. The van der Waals surface area contributed by atoms with Gasteiger partial charge in [-0.05, 0) is 6.92 Å². The predicted molar refractivity (Wildman–Crippen MR) is 101 cm³/mol. The molecular formula is C13H22N4O12P2. The zero-order valence-electron chi connectivity index (χ0n) is 15.9. The van der Waals surface area contributed by atoms with E-state index in [1.807, 2.05) is 4.98 Å². The molecule has 31 heavy (non-hydrogen) atoms. The fraction of sp³-hybridized carbons (Fsp3) is 0.615. The number of aromatic amines is 1. The second-order valence-electron chi connectivity index (χ2n) is 6.75. The summed E-state index contributed by atoms with van der Waals surface area (Å²) < 4.78 is 38.2. The van der Waals surface area contributed by atoms with Crippen LogP contribution in [0.2, 0.25) is 0 Å². The normalized spacial score (nSPS) is 26.9. The number of aryl methyl sites for hydroxylation is 1. The van der Waals surface area contributed by atoms with Crippen molar-refractivity contribution in [3.05, 3.63) is 32.6 Å². The van der Waals surface area contributed by atoms with Crippen LogP contribution in [0.5, 0.6) is 0 Å². The fourth-order valence-electron chi connectivity index (χ4n) is 2.77. The quantitative estimate of drug-likeness (QED) is 0.139. The Morgan fingerprint density at radius 2 is 1.97 bits per heavy atom. The first-order valence-electron chi connectivity index (χ1n) is 8.51. The number of carbonyl (C=O) groups excluding carboxylic acids is 1. The summed E-state index contributed by atoms with van der Waals surface area (Å²) in [6.07, 6.45) is -6.36. The number of aliphatic hydroxyl groups excluding tert-OH is 1. The highest BCUT2D eigenvalue weighted by Gasteiger charge is 2.49. The Morgan fingerprint density at radius 3 is 2.52 bits per heavy atom. The first kappa shape index (κ1) is 25.5. The highest BCUT2D eigenvalue weighted by atomic mass is 31.2. The van der Waals surface area contributed by atoms with Gasteiger partial charge in [0.15, 0.2) is 6.23 Å². The third-order valence-corrected chi connectivity index (χ3v) is 5.54. The van der Waals surface area contributed by atoms with Gasteiger partial charge >= 0.3 is 27.0 Å². The summed E-state index contributed by atoms with van der Waals surface area (Å²) in [7, 11) is -9.30. The molecule has 6 atom stereocenters. The molecule has 16 nitrogen and oxygen atoms in total. The highest BCUT2D eigenvalue weighted by molar-refractivity contribution is 7.51. The molecule has 1 aliphatic rings. The molecule has 9 N–H and O–H groups in total. The van der Waals surface area contributed by atoms with E-state index in [0.717, 1.165) is 10.8 Å². The summed E-state index contributed by atoms with van der Waals surface area (Å²) in [5.41, 5.74) is 8.73. The molecule has 1 aromatic heterocycles. The van der Waals surface area contributed by atoms with Crippen LogP contribution in [0.3, 0.4) is 0 Å². The van der Waals surface area contributed by atoms with Crippen molar-refractivity contribution in [1.29, 1.82) is 0 Å². The van der Waals surface area contributed by atoms with E-state index in [1.165, 1.54) is 6.92 Å². The molecule has 18 heteroatoms. The number of nitrogens with two attached hydrogens (primary N) is 2. The van der Waals surface area contributed by atoms with E-state index in [0.29, 0.717) is 0 Å². The zero-order chi connectivity index (χ0) is 23.7. The maximum atomic E-state index is 12.1. The summed E-state index contributed by atoms with van der Waals surface area (Å²) in [5.74, 6) is -1.24. The molecule has 176 valence electrons. The number of esters is 1. The first-order valence-corrected chi connectivity index (χ1v) is 12.0. The summed E-state index contributed by atoms with van der Waals surface area (Å²) in [6.45, 7) is 0.622. The van der Waals surface area contributed by atoms with Gasteiger partial charge in [0.1, 0.15) is 31.0 Å². The van der Waals surface area contributed by atoms with Crippen LogP contribution in [0.25, 0.3) is 0 Å². The largest absolute Gasteiger partial charge is 0.462 e. The number of aliphatic hydroxyl groups is 1. The standard InChI is InChI=1S/C13H22N4O12P2/c1-5-2-17(13(21)16-10(5)19)11-8(18)9(29-31(15,25)26)7(28-11)3-27-12(20)6(14)4-30(22,23)24/h2,6-9,11,18H,3-4,14H2,1H3,(H3,15,25,26)(H,16,19,21)(H2,22,23,24)/t6-,7+,8+,9+,11+/m0/s1. The number of hydrogen-bond donors (Lipinski definition) is 7. The van der Waals surface area contributed by atoms with Gasteiger partial charge in [0.25, 0.3) is 5.56 Å². The Bertz CT molecular complexity index is 1030. The van der Waals surface area contributed by atoms with Crippen LogP contribution in [0, 0.1) is 6.92 Å². The van der Waals surface area contributed by atoms with Crippen molar-refractivity contribution in [2.45, 2.75) is 37.5 Å². The second-order valence-corrected chi connectivity index (χ2v) is 9.79. The average Bonchev–Trinajstić information content (AvgIpc) is 2.89. The summed E-state index contributed by atoms with van der Waals surface area (Å²) in [4.78, 5) is 64.5. The molecule has 0 aliphatic carbocycles. The van der Waals surface area contributed by atoms with Gasteiger partial charge < -0.3 is 35.0 Å². The smallest absolute Gasteiger partial charge is 0.400 e. The molecule has 0 aromatic carbocycles. The number of nitrogens with one attached hydrogen (secondary N) is 1. The van der Waals surface area contributed by atoms with E-state index in [9.17, 15) is 33.5 Å². The minimum atomic E-state index is -4.68. The van der Waals surface area contributed by atoms with Crippen molar-refractivity contribution in [2.75, 3.05) is 12.8 Å². The lowest BCUT2D eigenvalue weighted by molar-refractivity contribution is -0.151. The Hall–Kier alpha value is -1.71. The van der Waals surface area contributed by atoms with Crippen molar-refractivity contribution in [2.24, 2.45) is 11.2 Å². The van der Waals surface area contributed by atoms with Crippen LogP contribution in [-0.4, -0.2) is 72.4 Å². The van der Waals surface area contributed by atoms with Crippen LogP contribution in [0.15, 0.2) is 15.8 Å². The summed E-state index contributed by atoms with van der Waals surface area (Å²) in [5, 5.41) is 10.5. The highest BCUT2D eigenvalue weighted by Crippen LogP contribution is 2.41. The molecule has 1 unspecified atom stereocenters. The van der Waals surface area contributed by atoms with Crippen molar-refractivity contribution < 1.29 is 47.7 Å². The van der Waals surface area contributed by atoms with E-state index >= 15 is 0 Å². The van der Waals surface area contributed by atoms with Crippen molar-refractivity contribution >= 4 is 21.3 Å². The fourth-order valence-corrected chi connectivity index (χ4v) is 4.04. The Morgan fingerprint density at radius 1 is 1.35 bits per heavy atom. The van der Waals surface area contributed by atoms with E-state index < -0.39 is 75.9 Å². The van der Waals surface area contributed by atoms with Gasteiger partial charge in [0.05, 0.1) is 6.16 Å². The molecule has 0 saturated carbocycles. The summed E-state index contributed by atoms with van der Waals surface area (Å²) in [6, 6.07) is -1.69. The molecule has 1 aliphatic heterocycles. The first-order chi connectivity index (χ1) is 14.1. The van der Waals surface area contributed by atoms with Gasteiger partial charge in [-0.1, -0.05) is 0 Å². The lowest BCUT2D eigenvalue weighted by Crippen LogP contribution is -2.41. The monoisotopic (exact) mass is 488 g/mol. The number of carbonyl (C=O) groups is 1. The third kappa shape index (κ3) is 6.89. The SMILES string of the molecule is Cc1cn([C@@H]2O[C@H](COC(=O)[C@@H](N)CP(=O)(O)O)[C@@H](OP(N)(=O)O)[C@H]2O)c(=O)[nH]c1=O. The minimum Gasteiger partial charge on any atom is -0.462 e. The number of H-pyrrole nitrogens is 1. The lowest BCUT2D eigenvalue weighted by atomic mass is 10.1. The van der Waals surface area contributed by atoms with Crippen LogP contribution in [-0.2, 0) is 27.9 Å². The van der Waals surface area contributed by atoms with Crippen molar-refractivity contribution in [1.82, 2.24) is 9.55 Å². The third-order valence-electron chi connectivity index (χ3n) is 4.13. The number of nitrogens with zero attached hydrogens (tertiary/aromatic N) is 1. The molecule has 0 amide bonds. The van der Waals surface area contributed by atoms with Crippen LogP contribution in [0.1, 0.15) is 11.8 Å². The van der Waals surface area contributed by atoms with Gasteiger partial charge in [-0.2, -0.15) is 0 Å². The molecule has 2 heterocycles. The topological polar surface area (TPSA) is 267 Å². The maximum absolute atomic E-state index is 12.1. The van der Waals surface area contributed by atoms with E-state index in [2.05, 4.69) is 0 Å². The predicted octanol–water partition coefficient (Wildman–Crippen LogP) is -3.40. The van der Waals surface area contributed by atoms with E-state index in [4.69, 9.17) is 35.0 Å². The van der Waals surface area contributed by atoms with E-state index in [1.54, 1.807) is 0 Å². The number of aromatic nitrogens is 2. The van der Waals surface area contributed by atoms with Gasteiger partial charge in [-0.25, -0.2) is 14.9 Å². The lowest BCUT2D eigenvalue weighted by Gasteiger charge is -2.22. The van der Waals surface area contributed by atoms with Gasteiger partial charge in [0.2, 0.25) is 0 Å². The zero-order valence-corrected chi connectivity index (χ0v) is 17.7. The van der Waals surface area contributed by atoms with Gasteiger partial charge in [-0.3, -0.25) is 28.2 Å². The maximum Gasteiger partial charge on any atom is 0.400 e. The molecule has 1 aromatic rings. The van der Waals surface area contributed by atoms with Gasteiger partial charge in [0, 0.05) is 11.8 Å². The van der Waals surface area contributed by atoms with Crippen LogP contribution >= 0.6 is 15.3 Å². The van der Waals surface area contributed by atoms with Crippen LogP contribution < -0.4 is 22.5 Å². The van der Waals surface area contributed by atoms with Crippen LogP contribution in [0.4, 0.5) is 0 Å². The molecule has 1 saturated heterocycles. The molecular weight excluding hydrogens is 466 g/mol. The van der Waals surface area contributed by atoms with Gasteiger partial charge in [-0.15, -0.1) is 0 Å². The Kier molecular flexibility index (Phi) is 7.76. The molecule has 0 spiro atoms. The molecule has 0 radical (unpaired) electrons. The molecule has 1 fully saturated rings. The number of hydrogen-bond acceptors (Lipinski definition) is 10. The average molecular weight is 488 g/mol. The van der Waals surface area contributed by atoms with Crippen molar-refractivity contribution in [3.8, 4) is 0 Å². The van der Waals surface area contributed by atoms with E-state index in [-0.39, 0.29) is 5.56 Å². The molecule has 2 rings (SSSR count). The summed E-state index contributed by atoms with van der Waals surface area (Å²) >= 11 is 0. The number of ether oxygens (including phenoxy) is 2. The molecule has 0 bridgehead atoms. The second kappa shape index (κ2) is 9.42. The Labute approximate surface area is 173 Å².